The fourth-order valence-electron chi connectivity index (χ4n) is 1.95. The molecule has 2 heteroatoms. The highest BCUT2D eigenvalue weighted by Gasteiger charge is 2.47. The van der Waals surface area contributed by atoms with Gasteiger partial charge >= 0.3 is 0 Å². The molecule has 2 fully saturated rings. The minimum absolute atomic E-state index is 0.211. The maximum absolute atomic E-state index is 13.1. The van der Waals surface area contributed by atoms with Gasteiger partial charge in [-0.25, -0.2) is 8.78 Å². The summed E-state index contributed by atoms with van der Waals surface area (Å²) in [7, 11) is 0. The van der Waals surface area contributed by atoms with E-state index in [1.54, 1.807) is 0 Å². The van der Waals surface area contributed by atoms with E-state index in [9.17, 15) is 8.78 Å². The summed E-state index contributed by atoms with van der Waals surface area (Å²) in [6.45, 7) is 3.10. The van der Waals surface area contributed by atoms with Gasteiger partial charge in [0, 0.05) is 12.5 Å². The van der Waals surface area contributed by atoms with Crippen molar-refractivity contribution in [2.24, 2.45) is 11.8 Å². The molecule has 2 atom stereocenters. The van der Waals surface area contributed by atoms with Crippen LogP contribution >= 0.6 is 0 Å². The van der Waals surface area contributed by atoms with Crippen molar-refractivity contribution in [1.29, 1.82) is 0 Å². The fourth-order valence-corrected chi connectivity index (χ4v) is 1.95. The van der Waals surface area contributed by atoms with Crippen molar-refractivity contribution in [3.05, 3.63) is 11.1 Å². The highest BCUT2D eigenvalue weighted by Crippen LogP contribution is 2.53. The highest BCUT2D eigenvalue weighted by molar-refractivity contribution is 5.34. The van der Waals surface area contributed by atoms with Crippen LogP contribution in [-0.2, 0) is 0 Å². The largest absolute Gasteiger partial charge is 0.267 e. The molecule has 0 N–H and O–H groups in total. The smallest absolute Gasteiger partial charge is 0.202 e. The Hall–Kier alpha value is -0.400. The van der Waals surface area contributed by atoms with Gasteiger partial charge in [0.15, 0.2) is 0 Å². The van der Waals surface area contributed by atoms with E-state index in [4.69, 9.17) is 0 Å². The second kappa shape index (κ2) is 2.30. The van der Waals surface area contributed by atoms with Gasteiger partial charge in [-0.1, -0.05) is 12.5 Å². The summed E-state index contributed by atoms with van der Waals surface area (Å²) in [5.41, 5.74) is 1.52. The van der Waals surface area contributed by atoms with Gasteiger partial charge in [-0.3, -0.25) is 0 Å². The van der Waals surface area contributed by atoms with Gasteiger partial charge in [0.25, 0.3) is 5.92 Å². The average Bonchev–Trinajstić information content (AvgIpc) is 2.71. The lowest BCUT2D eigenvalue weighted by Gasteiger charge is -2.14. The second-order valence-electron chi connectivity index (χ2n) is 4.23. The molecule has 0 bridgehead atoms. The molecule has 68 valence electrons. The number of halogens is 2. The molecular weight excluding hydrogens is 158 g/mol. The Morgan fingerprint density at radius 2 is 1.92 bits per heavy atom. The first kappa shape index (κ1) is 8.21. The Bertz CT molecular complexity index is 229. The van der Waals surface area contributed by atoms with Crippen molar-refractivity contribution in [3.8, 4) is 0 Å². The zero-order valence-electron chi connectivity index (χ0n) is 7.53. The van der Waals surface area contributed by atoms with Gasteiger partial charge in [0.1, 0.15) is 0 Å². The lowest BCUT2D eigenvalue weighted by atomic mass is 10.0. The van der Waals surface area contributed by atoms with Crippen molar-refractivity contribution in [3.63, 3.8) is 0 Å². The van der Waals surface area contributed by atoms with E-state index in [0.717, 1.165) is 31.8 Å². The standard InChI is InChI=1S/C10H14F2/c1-6-5-8(6)9(7-3-4-7)10(2,11)12/h6,8H,3-5H2,1-2H3. The van der Waals surface area contributed by atoms with Gasteiger partial charge in [-0.2, -0.15) is 0 Å². The molecule has 0 spiro atoms. The van der Waals surface area contributed by atoms with Crippen LogP contribution < -0.4 is 0 Å². The third kappa shape index (κ3) is 1.39. The summed E-state index contributed by atoms with van der Waals surface area (Å²) < 4.78 is 26.2. The van der Waals surface area contributed by atoms with Gasteiger partial charge < -0.3 is 0 Å². The van der Waals surface area contributed by atoms with Crippen LogP contribution in [-0.4, -0.2) is 5.92 Å². The SMILES string of the molecule is CC1CC1C(=C1CC1)C(C)(F)F. The van der Waals surface area contributed by atoms with E-state index >= 15 is 0 Å². The van der Waals surface area contributed by atoms with Crippen LogP contribution in [0.2, 0.25) is 0 Å². The Labute approximate surface area is 71.7 Å². The van der Waals surface area contributed by atoms with Crippen molar-refractivity contribution in [2.45, 2.75) is 39.0 Å². The van der Waals surface area contributed by atoms with E-state index in [-0.39, 0.29) is 5.92 Å². The van der Waals surface area contributed by atoms with E-state index in [1.165, 1.54) is 0 Å². The van der Waals surface area contributed by atoms with Gasteiger partial charge in [0.2, 0.25) is 0 Å². The summed E-state index contributed by atoms with van der Waals surface area (Å²) in [5, 5.41) is 0. The van der Waals surface area contributed by atoms with Crippen LogP contribution in [0.3, 0.4) is 0 Å². The molecule has 0 aromatic carbocycles. The Morgan fingerprint density at radius 1 is 1.42 bits per heavy atom. The van der Waals surface area contributed by atoms with Crippen LogP contribution in [0.1, 0.15) is 33.1 Å². The van der Waals surface area contributed by atoms with Crippen molar-refractivity contribution < 1.29 is 8.78 Å². The van der Waals surface area contributed by atoms with Crippen molar-refractivity contribution >= 4 is 0 Å². The molecule has 0 amide bonds. The first-order valence-electron chi connectivity index (χ1n) is 4.60. The molecule has 0 heterocycles. The predicted molar refractivity (Wildman–Crippen MR) is 44.2 cm³/mol. The predicted octanol–water partition coefficient (Wildman–Crippen LogP) is 3.39. The summed E-state index contributed by atoms with van der Waals surface area (Å²) >= 11 is 0. The summed E-state index contributed by atoms with van der Waals surface area (Å²) in [4.78, 5) is 0. The molecule has 2 aliphatic rings. The van der Waals surface area contributed by atoms with Crippen LogP contribution in [0.5, 0.6) is 0 Å². The molecule has 12 heavy (non-hydrogen) atoms. The summed E-state index contributed by atoms with van der Waals surface area (Å²) in [6, 6.07) is 0. The molecule has 2 aliphatic carbocycles. The quantitative estimate of drug-likeness (QED) is 0.560. The third-order valence-electron chi connectivity index (χ3n) is 2.83. The van der Waals surface area contributed by atoms with Crippen LogP contribution in [0.15, 0.2) is 11.1 Å². The van der Waals surface area contributed by atoms with Crippen LogP contribution in [0.4, 0.5) is 8.78 Å². The Kier molecular flexibility index (Phi) is 1.57. The zero-order chi connectivity index (χ0) is 8.93. The molecule has 0 radical (unpaired) electrons. The lowest BCUT2D eigenvalue weighted by molar-refractivity contribution is 0.0563. The molecule has 2 unspecified atom stereocenters. The molecule has 0 aromatic rings. The van der Waals surface area contributed by atoms with Crippen molar-refractivity contribution in [2.75, 3.05) is 0 Å². The monoisotopic (exact) mass is 172 g/mol. The first-order valence-corrected chi connectivity index (χ1v) is 4.60. The molecule has 0 nitrogen and oxygen atoms in total. The lowest BCUT2D eigenvalue weighted by Crippen LogP contribution is -2.16. The molecule has 0 saturated heterocycles. The number of alkyl halides is 2. The highest BCUT2D eigenvalue weighted by atomic mass is 19.3. The molecule has 2 rings (SSSR count). The maximum atomic E-state index is 13.1. The third-order valence-corrected chi connectivity index (χ3v) is 2.83. The normalized spacial score (nSPS) is 33.5. The van der Waals surface area contributed by atoms with E-state index in [0.29, 0.717) is 11.5 Å². The fraction of sp³-hybridized carbons (Fsp3) is 0.800. The average molecular weight is 172 g/mol. The van der Waals surface area contributed by atoms with Gasteiger partial charge in [-0.15, -0.1) is 0 Å². The second-order valence-corrected chi connectivity index (χ2v) is 4.23. The molecule has 0 aromatic heterocycles. The number of hydrogen-bond acceptors (Lipinski definition) is 0. The minimum atomic E-state index is -2.55. The molecule has 2 saturated carbocycles. The summed E-state index contributed by atoms with van der Waals surface area (Å²) in [5.74, 6) is -1.84. The zero-order valence-corrected chi connectivity index (χ0v) is 7.53. The summed E-state index contributed by atoms with van der Waals surface area (Å²) in [6.07, 6.45) is 2.81. The van der Waals surface area contributed by atoms with Gasteiger partial charge in [0.05, 0.1) is 0 Å². The van der Waals surface area contributed by atoms with E-state index in [2.05, 4.69) is 6.92 Å². The number of hydrogen-bond donors (Lipinski definition) is 0. The maximum Gasteiger partial charge on any atom is 0.267 e. The minimum Gasteiger partial charge on any atom is -0.202 e. The molecular formula is C10H14F2. The van der Waals surface area contributed by atoms with Gasteiger partial charge in [-0.05, 0) is 31.1 Å². The Morgan fingerprint density at radius 3 is 2.17 bits per heavy atom. The number of allylic oxidation sites excluding steroid dienone is 2. The number of rotatable bonds is 2. The topological polar surface area (TPSA) is 0 Å². The molecule has 0 aliphatic heterocycles. The van der Waals surface area contributed by atoms with Crippen LogP contribution in [0.25, 0.3) is 0 Å². The first-order chi connectivity index (χ1) is 5.50. The van der Waals surface area contributed by atoms with E-state index in [1.807, 2.05) is 0 Å². The van der Waals surface area contributed by atoms with E-state index < -0.39 is 5.92 Å². The van der Waals surface area contributed by atoms with Crippen molar-refractivity contribution in [1.82, 2.24) is 0 Å². The Balaban J connectivity index is 2.21. The van der Waals surface area contributed by atoms with Crippen LogP contribution in [0, 0.1) is 11.8 Å².